The Morgan fingerprint density at radius 1 is 1.35 bits per heavy atom. The first kappa shape index (κ1) is 14.1. The van der Waals surface area contributed by atoms with Crippen molar-refractivity contribution in [1.29, 1.82) is 0 Å². The number of nitrogens with one attached hydrogen (secondary N) is 1. The Balaban J connectivity index is 3.13. The van der Waals surface area contributed by atoms with Gasteiger partial charge in [0.25, 0.3) is 0 Å². The van der Waals surface area contributed by atoms with E-state index in [2.05, 4.69) is 19.2 Å². The summed E-state index contributed by atoms with van der Waals surface area (Å²) in [7, 11) is 3.60. The van der Waals surface area contributed by atoms with Gasteiger partial charge >= 0.3 is 0 Å². The average molecular weight is 239 g/mol. The van der Waals surface area contributed by atoms with Gasteiger partial charge in [0.05, 0.1) is 11.6 Å². The number of benzene rings is 1. The van der Waals surface area contributed by atoms with Crippen LogP contribution in [0.15, 0.2) is 24.3 Å². The van der Waals surface area contributed by atoms with E-state index in [1.54, 1.807) is 19.2 Å². The summed E-state index contributed by atoms with van der Waals surface area (Å²) >= 11 is 0. The van der Waals surface area contributed by atoms with Crippen LogP contribution in [0.5, 0.6) is 0 Å². The van der Waals surface area contributed by atoms with E-state index in [4.69, 9.17) is 4.74 Å². The number of hydrogen-bond donors (Lipinski definition) is 1. The van der Waals surface area contributed by atoms with Crippen molar-refractivity contribution in [3.05, 3.63) is 35.6 Å². The Bertz CT molecular complexity index is 342. The van der Waals surface area contributed by atoms with Crippen LogP contribution in [-0.2, 0) is 4.74 Å². The first-order chi connectivity index (χ1) is 8.13. The Morgan fingerprint density at radius 3 is 2.41 bits per heavy atom. The van der Waals surface area contributed by atoms with Crippen molar-refractivity contribution < 1.29 is 9.13 Å². The second-order valence-corrected chi connectivity index (χ2v) is 4.25. The first-order valence-electron chi connectivity index (χ1n) is 6.11. The topological polar surface area (TPSA) is 21.3 Å². The monoisotopic (exact) mass is 239 g/mol. The van der Waals surface area contributed by atoms with Crippen molar-refractivity contribution in [3.8, 4) is 0 Å². The third-order valence-corrected chi connectivity index (χ3v) is 3.60. The van der Waals surface area contributed by atoms with E-state index in [1.165, 1.54) is 6.07 Å². The fraction of sp³-hybridized carbons (Fsp3) is 0.571. The number of ether oxygens (including phenoxy) is 1. The minimum absolute atomic E-state index is 0.00167. The lowest BCUT2D eigenvalue weighted by Crippen LogP contribution is -2.43. The van der Waals surface area contributed by atoms with Crippen LogP contribution in [0.3, 0.4) is 0 Å². The third kappa shape index (κ3) is 2.85. The molecule has 1 atom stereocenters. The fourth-order valence-electron chi connectivity index (χ4n) is 2.48. The van der Waals surface area contributed by atoms with Gasteiger partial charge in [-0.25, -0.2) is 4.39 Å². The molecule has 0 amide bonds. The lowest BCUT2D eigenvalue weighted by molar-refractivity contribution is -0.0468. The molecule has 1 aromatic rings. The van der Waals surface area contributed by atoms with Gasteiger partial charge in [0.15, 0.2) is 0 Å². The minimum atomic E-state index is -0.289. The summed E-state index contributed by atoms with van der Waals surface area (Å²) in [6, 6.07) is 6.70. The molecular weight excluding hydrogens is 217 g/mol. The van der Waals surface area contributed by atoms with Crippen LogP contribution in [0.2, 0.25) is 0 Å². The molecule has 0 aliphatic rings. The quantitative estimate of drug-likeness (QED) is 0.822. The highest BCUT2D eigenvalue weighted by atomic mass is 19.1. The van der Waals surface area contributed by atoms with E-state index < -0.39 is 0 Å². The van der Waals surface area contributed by atoms with Crippen molar-refractivity contribution in [2.45, 2.75) is 38.3 Å². The van der Waals surface area contributed by atoms with E-state index in [0.29, 0.717) is 0 Å². The van der Waals surface area contributed by atoms with Gasteiger partial charge in [-0.3, -0.25) is 0 Å². The van der Waals surface area contributed by atoms with Crippen molar-refractivity contribution in [1.82, 2.24) is 5.32 Å². The van der Waals surface area contributed by atoms with Gasteiger partial charge in [-0.05, 0) is 37.6 Å². The van der Waals surface area contributed by atoms with Crippen molar-refractivity contribution >= 4 is 0 Å². The fourth-order valence-corrected chi connectivity index (χ4v) is 2.48. The maximum atomic E-state index is 13.3. The smallest absolute Gasteiger partial charge is 0.123 e. The van der Waals surface area contributed by atoms with E-state index >= 15 is 0 Å². The Labute approximate surface area is 103 Å². The number of likely N-dealkylation sites (N-methyl/N-ethyl adjacent to an activating group) is 1. The molecule has 3 heteroatoms. The van der Waals surface area contributed by atoms with Crippen LogP contribution in [0.1, 0.15) is 38.3 Å². The molecule has 96 valence electrons. The number of methoxy groups -OCH3 is 1. The predicted molar refractivity (Wildman–Crippen MR) is 68.5 cm³/mol. The zero-order valence-corrected chi connectivity index (χ0v) is 11.1. The Morgan fingerprint density at radius 2 is 2.00 bits per heavy atom. The molecule has 0 aliphatic carbocycles. The van der Waals surface area contributed by atoms with Crippen LogP contribution in [0, 0.1) is 5.82 Å². The van der Waals surface area contributed by atoms with E-state index in [-0.39, 0.29) is 17.5 Å². The summed E-state index contributed by atoms with van der Waals surface area (Å²) in [5.74, 6) is -0.208. The largest absolute Gasteiger partial charge is 0.376 e. The minimum Gasteiger partial charge on any atom is -0.376 e. The normalized spacial score (nSPS) is 13.7. The van der Waals surface area contributed by atoms with Crippen molar-refractivity contribution in [3.63, 3.8) is 0 Å². The molecule has 0 saturated carbocycles. The summed E-state index contributed by atoms with van der Waals surface area (Å²) < 4.78 is 19.0. The highest BCUT2D eigenvalue weighted by Crippen LogP contribution is 2.34. The third-order valence-electron chi connectivity index (χ3n) is 3.60. The van der Waals surface area contributed by atoms with Crippen molar-refractivity contribution in [2.24, 2.45) is 0 Å². The second kappa shape index (κ2) is 6.12. The SMILES string of the molecule is CCC(CC)(OC)C(NC)c1cccc(F)c1. The summed E-state index contributed by atoms with van der Waals surface area (Å²) in [6.07, 6.45) is 1.75. The summed E-state index contributed by atoms with van der Waals surface area (Å²) in [6.45, 7) is 4.19. The number of hydrogen-bond acceptors (Lipinski definition) is 2. The molecule has 0 aliphatic heterocycles. The molecule has 1 rings (SSSR count). The molecule has 1 aromatic carbocycles. The zero-order chi connectivity index (χ0) is 12.9. The standard InChI is InChI=1S/C14H22FNO/c1-5-14(6-2,17-4)13(16-3)11-8-7-9-12(15)10-11/h7-10,13,16H,5-6H2,1-4H3. The van der Waals surface area contributed by atoms with Crippen LogP contribution < -0.4 is 5.32 Å². The van der Waals surface area contributed by atoms with E-state index in [1.807, 2.05) is 13.1 Å². The molecule has 1 N–H and O–H groups in total. The maximum Gasteiger partial charge on any atom is 0.123 e. The zero-order valence-electron chi connectivity index (χ0n) is 11.1. The van der Waals surface area contributed by atoms with Crippen molar-refractivity contribution in [2.75, 3.05) is 14.2 Å². The molecule has 0 fully saturated rings. The summed E-state index contributed by atoms with van der Waals surface area (Å²) in [5, 5.41) is 3.25. The molecule has 0 saturated heterocycles. The average Bonchev–Trinajstić information content (AvgIpc) is 2.36. The molecule has 0 bridgehead atoms. The highest BCUT2D eigenvalue weighted by molar-refractivity contribution is 5.23. The van der Waals surface area contributed by atoms with Gasteiger partial charge in [0.1, 0.15) is 5.82 Å². The Kier molecular flexibility index (Phi) is 5.09. The lowest BCUT2D eigenvalue weighted by atomic mass is 9.84. The Hall–Kier alpha value is -0.930. The van der Waals surface area contributed by atoms with Crippen LogP contribution in [-0.4, -0.2) is 19.8 Å². The summed E-state index contributed by atoms with van der Waals surface area (Å²) in [4.78, 5) is 0. The molecule has 2 nitrogen and oxygen atoms in total. The van der Waals surface area contributed by atoms with Gasteiger partial charge in [-0.15, -0.1) is 0 Å². The molecule has 0 spiro atoms. The highest BCUT2D eigenvalue weighted by Gasteiger charge is 2.35. The van der Waals surface area contributed by atoms with Crippen LogP contribution >= 0.6 is 0 Å². The van der Waals surface area contributed by atoms with Crippen LogP contribution in [0.25, 0.3) is 0 Å². The molecular formula is C14H22FNO. The molecule has 0 radical (unpaired) electrons. The number of rotatable bonds is 6. The summed E-state index contributed by atoms with van der Waals surface area (Å²) in [5.41, 5.74) is 0.640. The molecule has 0 aromatic heterocycles. The van der Waals surface area contributed by atoms with E-state index in [9.17, 15) is 4.39 Å². The van der Waals surface area contributed by atoms with Crippen LogP contribution in [0.4, 0.5) is 4.39 Å². The maximum absolute atomic E-state index is 13.3. The van der Waals surface area contributed by atoms with Gasteiger partial charge in [-0.1, -0.05) is 26.0 Å². The van der Waals surface area contributed by atoms with E-state index in [0.717, 1.165) is 18.4 Å². The molecule has 1 unspecified atom stereocenters. The second-order valence-electron chi connectivity index (χ2n) is 4.25. The molecule has 0 heterocycles. The van der Waals surface area contributed by atoms with Gasteiger partial charge in [0, 0.05) is 7.11 Å². The van der Waals surface area contributed by atoms with Gasteiger partial charge < -0.3 is 10.1 Å². The molecule has 17 heavy (non-hydrogen) atoms. The predicted octanol–water partition coefficient (Wildman–Crippen LogP) is 3.29. The lowest BCUT2D eigenvalue weighted by Gasteiger charge is -2.38. The van der Waals surface area contributed by atoms with Gasteiger partial charge in [0.2, 0.25) is 0 Å². The van der Waals surface area contributed by atoms with Gasteiger partial charge in [-0.2, -0.15) is 0 Å². The number of halogens is 1. The first-order valence-corrected chi connectivity index (χ1v) is 6.11.